The Bertz CT molecular complexity index is 1070. The van der Waals surface area contributed by atoms with Gasteiger partial charge in [-0.1, -0.05) is 30.3 Å². The first-order valence-corrected chi connectivity index (χ1v) is 9.29. The normalized spacial score (nSPS) is 14.6. The number of nitrogens with zero attached hydrogens (tertiary/aromatic N) is 3. The maximum absolute atomic E-state index is 12.6. The number of anilines is 2. The first-order valence-electron chi connectivity index (χ1n) is 9.29. The Kier molecular flexibility index (Phi) is 4.81. The van der Waals surface area contributed by atoms with Crippen molar-refractivity contribution in [1.82, 2.24) is 4.98 Å². The molecule has 0 unspecified atom stereocenters. The maximum Gasteiger partial charge on any atom is 0.227 e. The molecule has 4 rings (SSSR count). The standard InChI is InChI=1S/C22H20N4O2/c23-13-16-14-24-18-6-2-1-5-17(18)21(16)26-11-9-15(10-12-26)22(28)25-19-7-3-4-8-20(19)27/h1-8,14-15,27H,9-12H2,(H,25,28). The highest BCUT2D eigenvalue weighted by Crippen LogP contribution is 2.33. The van der Waals surface area contributed by atoms with Crippen LogP contribution in [0.4, 0.5) is 11.4 Å². The summed E-state index contributed by atoms with van der Waals surface area (Å²) >= 11 is 0. The van der Waals surface area contributed by atoms with Crippen molar-refractivity contribution in [3.8, 4) is 11.8 Å². The summed E-state index contributed by atoms with van der Waals surface area (Å²) in [5.74, 6) is -0.147. The monoisotopic (exact) mass is 372 g/mol. The first-order chi connectivity index (χ1) is 13.7. The van der Waals surface area contributed by atoms with Gasteiger partial charge in [0.2, 0.25) is 5.91 Å². The summed E-state index contributed by atoms with van der Waals surface area (Å²) in [6.45, 7) is 1.36. The smallest absolute Gasteiger partial charge is 0.227 e. The number of piperidine rings is 1. The zero-order valence-electron chi connectivity index (χ0n) is 15.3. The van der Waals surface area contributed by atoms with E-state index in [1.165, 1.54) is 0 Å². The number of hydrogen-bond acceptors (Lipinski definition) is 5. The molecule has 0 radical (unpaired) electrons. The van der Waals surface area contributed by atoms with Crippen molar-refractivity contribution in [2.45, 2.75) is 12.8 Å². The Morgan fingerprint density at radius 2 is 1.86 bits per heavy atom. The molecule has 2 N–H and O–H groups in total. The third-order valence-corrected chi connectivity index (χ3v) is 5.21. The summed E-state index contributed by atoms with van der Waals surface area (Å²) in [6, 6.07) is 16.8. The second-order valence-corrected chi connectivity index (χ2v) is 6.92. The summed E-state index contributed by atoms with van der Waals surface area (Å²) in [4.78, 5) is 19.1. The predicted octanol–water partition coefficient (Wildman–Crippen LogP) is 3.67. The molecule has 1 aliphatic heterocycles. The molecule has 2 heterocycles. The molecule has 6 heteroatoms. The largest absolute Gasteiger partial charge is 0.506 e. The minimum atomic E-state index is -0.130. The molecule has 1 amide bonds. The first kappa shape index (κ1) is 17.8. The van der Waals surface area contributed by atoms with Crippen LogP contribution in [0.2, 0.25) is 0 Å². The van der Waals surface area contributed by atoms with E-state index in [0.717, 1.165) is 16.6 Å². The van der Waals surface area contributed by atoms with Crippen LogP contribution in [0.15, 0.2) is 54.7 Å². The van der Waals surface area contributed by atoms with Crippen LogP contribution in [-0.2, 0) is 4.79 Å². The van der Waals surface area contributed by atoms with E-state index in [1.54, 1.807) is 30.5 Å². The van der Waals surface area contributed by atoms with Crippen LogP contribution in [0.1, 0.15) is 18.4 Å². The van der Waals surface area contributed by atoms with E-state index in [2.05, 4.69) is 21.3 Å². The topological polar surface area (TPSA) is 89.2 Å². The van der Waals surface area contributed by atoms with Gasteiger partial charge in [-0.15, -0.1) is 0 Å². The van der Waals surface area contributed by atoms with E-state index in [9.17, 15) is 15.2 Å². The molecule has 1 saturated heterocycles. The van der Waals surface area contributed by atoms with E-state index in [1.807, 2.05) is 24.3 Å². The van der Waals surface area contributed by atoms with Gasteiger partial charge in [-0.05, 0) is 31.0 Å². The van der Waals surface area contributed by atoms with Gasteiger partial charge < -0.3 is 15.3 Å². The molecule has 0 saturated carbocycles. The number of carbonyl (C=O) groups is 1. The van der Waals surface area contributed by atoms with Crippen molar-refractivity contribution in [3.05, 3.63) is 60.3 Å². The fourth-order valence-corrected chi connectivity index (χ4v) is 3.73. The van der Waals surface area contributed by atoms with Crippen molar-refractivity contribution >= 4 is 28.2 Å². The number of carbonyl (C=O) groups excluding carboxylic acids is 1. The van der Waals surface area contributed by atoms with Gasteiger partial charge in [0.25, 0.3) is 0 Å². The molecular formula is C22H20N4O2. The molecule has 1 aromatic heterocycles. The van der Waals surface area contributed by atoms with Gasteiger partial charge in [-0.3, -0.25) is 9.78 Å². The lowest BCUT2D eigenvalue weighted by Crippen LogP contribution is -2.38. The zero-order chi connectivity index (χ0) is 19.5. The number of fused-ring (bicyclic) bond motifs is 1. The lowest BCUT2D eigenvalue weighted by atomic mass is 9.94. The molecule has 1 fully saturated rings. The van der Waals surface area contributed by atoms with Crippen LogP contribution in [0.25, 0.3) is 10.9 Å². The molecule has 28 heavy (non-hydrogen) atoms. The molecule has 1 aliphatic rings. The molecule has 3 aromatic rings. The molecule has 0 bridgehead atoms. The summed E-state index contributed by atoms with van der Waals surface area (Å²) in [5.41, 5.74) is 2.74. The minimum Gasteiger partial charge on any atom is -0.506 e. The van der Waals surface area contributed by atoms with Gasteiger partial charge in [0.05, 0.1) is 22.5 Å². The van der Waals surface area contributed by atoms with Gasteiger partial charge >= 0.3 is 0 Å². The summed E-state index contributed by atoms with van der Waals surface area (Å²) < 4.78 is 0. The minimum absolute atomic E-state index is 0.0650. The molecule has 140 valence electrons. The lowest BCUT2D eigenvalue weighted by Gasteiger charge is -2.34. The number of phenols is 1. The van der Waals surface area contributed by atoms with Gasteiger partial charge in [0.15, 0.2) is 0 Å². The zero-order valence-corrected chi connectivity index (χ0v) is 15.3. The van der Waals surface area contributed by atoms with Crippen molar-refractivity contribution in [2.24, 2.45) is 5.92 Å². The number of pyridine rings is 1. The van der Waals surface area contributed by atoms with Crippen molar-refractivity contribution < 1.29 is 9.90 Å². The van der Waals surface area contributed by atoms with Gasteiger partial charge in [0, 0.05) is 30.6 Å². The summed E-state index contributed by atoms with van der Waals surface area (Å²) in [7, 11) is 0. The van der Waals surface area contributed by atoms with Gasteiger partial charge in [-0.2, -0.15) is 5.26 Å². The quantitative estimate of drug-likeness (QED) is 0.685. The molecule has 0 spiro atoms. The van der Waals surface area contributed by atoms with Crippen LogP contribution in [-0.4, -0.2) is 29.1 Å². The van der Waals surface area contributed by atoms with Gasteiger partial charge in [-0.25, -0.2) is 0 Å². The van der Waals surface area contributed by atoms with Gasteiger partial charge in [0.1, 0.15) is 11.8 Å². The Morgan fingerprint density at radius 1 is 1.14 bits per heavy atom. The highest BCUT2D eigenvalue weighted by molar-refractivity contribution is 5.96. The highest BCUT2D eigenvalue weighted by Gasteiger charge is 2.27. The Morgan fingerprint density at radius 3 is 2.61 bits per heavy atom. The SMILES string of the molecule is N#Cc1cnc2ccccc2c1N1CCC(C(=O)Nc2ccccc2O)CC1. The highest BCUT2D eigenvalue weighted by atomic mass is 16.3. The molecule has 2 aromatic carbocycles. The average Bonchev–Trinajstić information content (AvgIpc) is 2.74. The van der Waals surface area contributed by atoms with Crippen LogP contribution in [0, 0.1) is 17.2 Å². The van der Waals surface area contributed by atoms with E-state index in [-0.39, 0.29) is 17.6 Å². The number of aromatic hydroxyl groups is 1. The number of aromatic nitrogens is 1. The number of rotatable bonds is 3. The predicted molar refractivity (Wildman–Crippen MR) is 108 cm³/mol. The van der Waals surface area contributed by atoms with E-state index in [4.69, 9.17) is 0 Å². The molecule has 0 atom stereocenters. The Balaban J connectivity index is 1.51. The van der Waals surface area contributed by atoms with Crippen molar-refractivity contribution in [1.29, 1.82) is 5.26 Å². The number of nitrogens with one attached hydrogen (secondary N) is 1. The van der Waals surface area contributed by atoms with E-state index >= 15 is 0 Å². The molecular weight excluding hydrogens is 352 g/mol. The van der Waals surface area contributed by atoms with Crippen molar-refractivity contribution in [3.63, 3.8) is 0 Å². The number of phenolic OH excluding ortho intramolecular Hbond substituents is 1. The van der Waals surface area contributed by atoms with Crippen molar-refractivity contribution in [2.75, 3.05) is 23.3 Å². The average molecular weight is 372 g/mol. The van der Waals surface area contributed by atoms with E-state index in [0.29, 0.717) is 37.2 Å². The third-order valence-electron chi connectivity index (χ3n) is 5.21. The fourth-order valence-electron chi connectivity index (χ4n) is 3.73. The van der Waals surface area contributed by atoms with Crippen LogP contribution < -0.4 is 10.2 Å². The number of para-hydroxylation sites is 3. The van der Waals surface area contributed by atoms with Crippen LogP contribution >= 0.6 is 0 Å². The third kappa shape index (κ3) is 3.35. The molecule has 6 nitrogen and oxygen atoms in total. The molecule has 0 aliphatic carbocycles. The Labute approximate surface area is 163 Å². The van der Waals surface area contributed by atoms with Crippen LogP contribution in [0.3, 0.4) is 0 Å². The Hall–Kier alpha value is -3.59. The maximum atomic E-state index is 12.6. The summed E-state index contributed by atoms with van der Waals surface area (Å²) in [6.07, 6.45) is 2.98. The summed E-state index contributed by atoms with van der Waals surface area (Å²) in [5, 5.41) is 23.2. The lowest BCUT2D eigenvalue weighted by molar-refractivity contribution is -0.120. The fraction of sp³-hybridized carbons (Fsp3) is 0.227. The number of nitriles is 1. The number of amides is 1. The second kappa shape index (κ2) is 7.57. The number of benzene rings is 2. The second-order valence-electron chi connectivity index (χ2n) is 6.92. The van der Waals surface area contributed by atoms with E-state index < -0.39 is 0 Å². The number of hydrogen-bond donors (Lipinski definition) is 2. The van der Waals surface area contributed by atoms with Crippen LogP contribution in [0.5, 0.6) is 5.75 Å².